The summed E-state index contributed by atoms with van der Waals surface area (Å²) in [6, 6.07) is -0.0266. The van der Waals surface area contributed by atoms with Gasteiger partial charge >= 0.3 is 5.97 Å². The molecule has 1 rings (SSSR count). The number of carbonyl (C=O) groups excluding carboxylic acids is 1. The lowest BCUT2D eigenvalue weighted by atomic mass is 10.2. The first-order valence-corrected chi connectivity index (χ1v) is 5.70. The van der Waals surface area contributed by atoms with Crippen molar-refractivity contribution in [3.05, 3.63) is 28.1 Å². The molecular weight excluding hydrogens is 270 g/mol. The van der Waals surface area contributed by atoms with Crippen LogP contribution in [0.2, 0.25) is 0 Å². The number of ether oxygens (including phenoxy) is 1. The third-order valence-electron chi connectivity index (χ3n) is 2.65. The van der Waals surface area contributed by atoms with Crippen LogP contribution in [0.3, 0.4) is 0 Å². The number of hydrogen-bond donors (Lipinski definition) is 2. The summed E-state index contributed by atoms with van der Waals surface area (Å²) < 4.78 is 6.03. The number of aromatic nitrogens is 1. The fourth-order valence-electron chi connectivity index (χ4n) is 1.60. The topological polar surface area (TPSA) is 124 Å². The second kappa shape index (κ2) is 6.66. The van der Waals surface area contributed by atoms with Crippen molar-refractivity contribution in [1.29, 1.82) is 0 Å². The number of amides is 1. The number of aliphatic carboxylic acids is 1. The van der Waals surface area contributed by atoms with E-state index in [-0.39, 0.29) is 24.4 Å². The smallest absolute Gasteiger partial charge is 0.326 e. The Kier molecular flexibility index (Phi) is 5.21. The first kappa shape index (κ1) is 15.6. The zero-order valence-electron chi connectivity index (χ0n) is 11.0. The summed E-state index contributed by atoms with van der Waals surface area (Å²) in [7, 11) is 2.88. The highest BCUT2D eigenvalue weighted by Crippen LogP contribution is 2.15. The summed E-state index contributed by atoms with van der Waals surface area (Å²) in [4.78, 5) is 32.9. The molecule has 1 aromatic rings. The second-order valence-corrected chi connectivity index (χ2v) is 4.10. The summed E-state index contributed by atoms with van der Waals surface area (Å²) in [5.74, 6) is -1.89. The summed E-state index contributed by atoms with van der Waals surface area (Å²) in [6.07, 6.45) is 1.28. The minimum absolute atomic E-state index is 0.0142. The van der Waals surface area contributed by atoms with Crippen LogP contribution >= 0.6 is 0 Å². The minimum atomic E-state index is -1.20. The van der Waals surface area contributed by atoms with Crippen molar-refractivity contribution in [2.75, 3.05) is 13.7 Å². The number of rotatable bonds is 7. The van der Waals surface area contributed by atoms with Gasteiger partial charge in [0, 0.05) is 33.3 Å². The van der Waals surface area contributed by atoms with Crippen LogP contribution in [0.5, 0.6) is 0 Å². The Morgan fingerprint density at radius 1 is 1.60 bits per heavy atom. The number of nitrogens with zero attached hydrogens (tertiary/aromatic N) is 2. The normalized spacial score (nSPS) is 11.9. The highest BCUT2D eigenvalue weighted by Gasteiger charge is 2.23. The highest BCUT2D eigenvalue weighted by atomic mass is 16.6. The largest absolute Gasteiger partial charge is 0.480 e. The van der Waals surface area contributed by atoms with Crippen LogP contribution in [-0.2, 0) is 16.6 Å². The van der Waals surface area contributed by atoms with Crippen LogP contribution < -0.4 is 5.32 Å². The molecule has 0 aliphatic heterocycles. The van der Waals surface area contributed by atoms with E-state index in [1.807, 2.05) is 0 Å². The fraction of sp³-hybridized carbons (Fsp3) is 0.455. The van der Waals surface area contributed by atoms with Crippen molar-refractivity contribution >= 4 is 17.6 Å². The van der Waals surface area contributed by atoms with E-state index in [1.54, 1.807) is 0 Å². The zero-order valence-corrected chi connectivity index (χ0v) is 11.0. The lowest BCUT2D eigenvalue weighted by Crippen LogP contribution is -2.42. The van der Waals surface area contributed by atoms with Gasteiger partial charge in [0.25, 0.3) is 11.6 Å². The van der Waals surface area contributed by atoms with E-state index in [1.165, 1.54) is 24.9 Å². The molecule has 0 saturated heterocycles. The van der Waals surface area contributed by atoms with Crippen LogP contribution in [0.15, 0.2) is 12.3 Å². The molecule has 0 aliphatic carbocycles. The van der Waals surface area contributed by atoms with E-state index in [0.717, 1.165) is 6.07 Å². The number of carboxylic acid groups (broad SMARTS) is 1. The Balaban J connectivity index is 2.83. The van der Waals surface area contributed by atoms with Gasteiger partial charge in [0.15, 0.2) is 0 Å². The van der Waals surface area contributed by atoms with Crippen molar-refractivity contribution in [3.63, 3.8) is 0 Å². The van der Waals surface area contributed by atoms with Gasteiger partial charge < -0.3 is 19.7 Å². The van der Waals surface area contributed by atoms with Crippen molar-refractivity contribution in [2.24, 2.45) is 7.05 Å². The molecule has 0 spiro atoms. The molecular formula is C11H15N3O6. The molecule has 0 aliphatic rings. The first-order valence-electron chi connectivity index (χ1n) is 5.70. The zero-order chi connectivity index (χ0) is 15.3. The van der Waals surface area contributed by atoms with Crippen molar-refractivity contribution < 1.29 is 24.4 Å². The fourth-order valence-corrected chi connectivity index (χ4v) is 1.60. The second-order valence-electron chi connectivity index (χ2n) is 4.10. The van der Waals surface area contributed by atoms with E-state index in [4.69, 9.17) is 9.84 Å². The van der Waals surface area contributed by atoms with Crippen molar-refractivity contribution in [1.82, 2.24) is 9.88 Å². The van der Waals surface area contributed by atoms with Crippen LogP contribution in [0.4, 0.5) is 5.69 Å². The molecule has 0 radical (unpaired) electrons. The first-order chi connectivity index (χ1) is 9.36. The van der Waals surface area contributed by atoms with Crippen LogP contribution in [0.1, 0.15) is 16.9 Å². The molecule has 0 saturated carbocycles. The van der Waals surface area contributed by atoms with Gasteiger partial charge in [-0.15, -0.1) is 0 Å². The molecule has 1 heterocycles. The molecule has 2 N–H and O–H groups in total. The van der Waals surface area contributed by atoms with Gasteiger partial charge in [0.05, 0.1) is 11.1 Å². The third-order valence-corrected chi connectivity index (χ3v) is 2.65. The van der Waals surface area contributed by atoms with E-state index in [2.05, 4.69) is 5.32 Å². The molecule has 0 fully saturated rings. The van der Waals surface area contributed by atoms with Gasteiger partial charge in [-0.2, -0.15) is 0 Å². The summed E-state index contributed by atoms with van der Waals surface area (Å²) in [6.45, 7) is 0.171. The van der Waals surface area contributed by atoms with Gasteiger partial charge in [-0.1, -0.05) is 0 Å². The maximum absolute atomic E-state index is 11.9. The Bertz CT molecular complexity index is 524. The molecule has 9 heteroatoms. The predicted molar refractivity (Wildman–Crippen MR) is 67.5 cm³/mol. The maximum Gasteiger partial charge on any atom is 0.326 e. The van der Waals surface area contributed by atoms with Gasteiger partial charge in [-0.3, -0.25) is 14.9 Å². The standard InChI is InChI=1S/C11H15N3O6/c1-13-6-7(14(18)19)5-9(13)10(15)12-8(11(16)17)3-4-20-2/h5-6,8H,3-4H2,1-2H3,(H,12,15)(H,16,17). The van der Waals surface area contributed by atoms with E-state index in [0.29, 0.717) is 0 Å². The molecule has 9 nitrogen and oxygen atoms in total. The van der Waals surface area contributed by atoms with Crippen LogP contribution in [0.25, 0.3) is 0 Å². The Labute approximate surface area is 114 Å². The van der Waals surface area contributed by atoms with Crippen LogP contribution in [-0.4, -0.2) is 46.2 Å². The molecule has 1 unspecified atom stereocenters. The van der Waals surface area contributed by atoms with E-state index >= 15 is 0 Å². The minimum Gasteiger partial charge on any atom is -0.480 e. The molecule has 1 atom stereocenters. The van der Waals surface area contributed by atoms with Crippen molar-refractivity contribution in [3.8, 4) is 0 Å². The predicted octanol–water partition coefficient (Wildman–Crippen LogP) is 0.153. The summed E-state index contributed by atoms with van der Waals surface area (Å²) >= 11 is 0. The number of nitro groups is 1. The quantitative estimate of drug-likeness (QED) is 0.543. The average Bonchev–Trinajstić information content (AvgIpc) is 2.76. The molecule has 1 amide bonds. The van der Waals surface area contributed by atoms with Gasteiger partial charge in [0.2, 0.25) is 0 Å². The van der Waals surface area contributed by atoms with E-state index < -0.39 is 22.8 Å². The molecule has 110 valence electrons. The van der Waals surface area contributed by atoms with Gasteiger partial charge in [-0.25, -0.2) is 4.79 Å². The molecule has 1 aromatic heterocycles. The SMILES string of the molecule is COCCC(NC(=O)c1cc([N+](=O)[O-])cn1C)C(=O)O. The monoisotopic (exact) mass is 285 g/mol. The van der Waals surface area contributed by atoms with Crippen LogP contribution in [0, 0.1) is 10.1 Å². The third kappa shape index (κ3) is 3.79. The number of nitrogens with one attached hydrogen (secondary N) is 1. The Hall–Kier alpha value is -2.42. The van der Waals surface area contributed by atoms with E-state index in [9.17, 15) is 19.7 Å². The summed E-state index contributed by atoms with van der Waals surface area (Å²) in [5, 5.41) is 21.9. The molecule has 20 heavy (non-hydrogen) atoms. The number of hydrogen-bond acceptors (Lipinski definition) is 5. The maximum atomic E-state index is 11.9. The highest BCUT2D eigenvalue weighted by molar-refractivity contribution is 5.96. The van der Waals surface area contributed by atoms with Gasteiger partial charge in [-0.05, 0) is 0 Å². The molecule has 0 bridgehead atoms. The molecule has 0 aromatic carbocycles. The number of carbonyl (C=O) groups is 2. The average molecular weight is 285 g/mol. The lowest BCUT2D eigenvalue weighted by molar-refractivity contribution is -0.384. The van der Waals surface area contributed by atoms with Crippen molar-refractivity contribution in [2.45, 2.75) is 12.5 Å². The lowest BCUT2D eigenvalue weighted by Gasteiger charge is -2.14. The number of carboxylic acids is 1. The number of methoxy groups -OCH3 is 1. The Morgan fingerprint density at radius 2 is 2.25 bits per heavy atom. The number of aryl methyl sites for hydroxylation is 1. The Morgan fingerprint density at radius 3 is 2.70 bits per heavy atom. The summed E-state index contributed by atoms with van der Waals surface area (Å²) in [5.41, 5.74) is -0.221. The van der Waals surface area contributed by atoms with Gasteiger partial charge in [0.1, 0.15) is 11.7 Å².